The molecule has 0 saturated heterocycles. The van der Waals surface area contributed by atoms with Crippen molar-refractivity contribution in [1.82, 2.24) is 4.98 Å². The molecule has 510 valence electrons. The van der Waals surface area contributed by atoms with Gasteiger partial charge in [0.05, 0.1) is 11.4 Å². The summed E-state index contributed by atoms with van der Waals surface area (Å²) in [7, 11) is 0. The average Bonchev–Trinajstić information content (AvgIpc) is 0.692. The molecule has 2 aliphatic heterocycles. The van der Waals surface area contributed by atoms with Gasteiger partial charge in [0.15, 0.2) is 0 Å². The van der Waals surface area contributed by atoms with Gasteiger partial charge < -0.3 is 9.80 Å². The van der Waals surface area contributed by atoms with Crippen LogP contribution in [0.2, 0.25) is 0 Å². The van der Waals surface area contributed by atoms with E-state index in [1.54, 1.807) is 0 Å². The monoisotopic (exact) mass is 1370 g/mol. The highest BCUT2D eigenvalue weighted by molar-refractivity contribution is 7.00. The fraction of sp³-hybridized carbons (Fsp3) is 0.0777. The number of rotatable bonds is 13. The highest BCUT2D eigenvalue weighted by Crippen LogP contribution is 2.51. The van der Waals surface area contributed by atoms with Crippen LogP contribution < -0.4 is 26.2 Å². The number of hydrogen-bond donors (Lipinski definition) is 0. The zero-order valence-corrected chi connectivity index (χ0v) is 61.2. The largest absolute Gasteiger partial charge is 0.311 e. The summed E-state index contributed by atoms with van der Waals surface area (Å²) in [6.07, 6.45) is 0. The summed E-state index contributed by atoms with van der Waals surface area (Å²) in [5, 5.41) is 0. The number of aromatic nitrogens is 1. The van der Waals surface area contributed by atoms with Crippen molar-refractivity contribution in [2.24, 2.45) is 0 Å². The molecule has 15 aromatic carbocycles. The van der Waals surface area contributed by atoms with E-state index in [9.17, 15) is 0 Å². The number of anilines is 6. The number of nitrogens with zero attached hydrogens (tertiary/aromatic N) is 3. The van der Waals surface area contributed by atoms with Crippen LogP contribution in [-0.2, 0) is 10.8 Å². The second-order valence-electron chi connectivity index (χ2n) is 30.8. The van der Waals surface area contributed by atoms with Gasteiger partial charge in [-0.2, -0.15) is 0 Å². The summed E-state index contributed by atoms with van der Waals surface area (Å²) < 4.78 is 0. The van der Waals surface area contributed by atoms with E-state index in [1.807, 2.05) is 0 Å². The van der Waals surface area contributed by atoms with Gasteiger partial charge in [0, 0.05) is 45.3 Å². The Morgan fingerprint density at radius 3 is 0.692 bits per heavy atom. The van der Waals surface area contributed by atoms with Crippen LogP contribution in [-0.4, -0.2) is 11.7 Å². The predicted molar refractivity (Wildman–Crippen MR) is 455 cm³/mol. The van der Waals surface area contributed by atoms with Gasteiger partial charge in [-0.1, -0.05) is 308 Å². The third kappa shape index (κ3) is 12.9. The Balaban J connectivity index is 0.991. The van der Waals surface area contributed by atoms with Gasteiger partial charge in [-0.25, -0.2) is 4.98 Å². The molecular weight excluding hydrogens is 1290 g/mol. The van der Waals surface area contributed by atoms with E-state index < -0.39 is 0 Å². The van der Waals surface area contributed by atoms with Crippen molar-refractivity contribution in [1.29, 1.82) is 0 Å². The minimum atomic E-state index is -0.185. The zero-order chi connectivity index (χ0) is 72.3. The Morgan fingerprint density at radius 2 is 0.430 bits per heavy atom. The molecule has 4 heteroatoms. The second kappa shape index (κ2) is 27.3. The molecule has 0 N–H and O–H groups in total. The molecule has 107 heavy (non-hydrogen) atoms. The maximum Gasteiger partial charge on any atom is 0.252 e. The number of fused-ring (bicyclic) bond motifs is 4. The lowest BCUT2D eigenvalue weighted by Gasteiger charge is -2.45. The van der Waals surface area contributed by atoms with E-state index in [1.165, 1.54) is 27.5 Å². The van der Waals surface area contributed by atoms with E-state index in [0.717, 1.165) is 157 Å². The topological polar surface area (TPSA) is 19.4 Å². The van der Waals surface area contributed by atoms with Gasteiger partial charge in [0.1, 0.15) is 0 Å². The van der Waals surface area contributed by atoms with E-state index in [0.29, 0.717) is 0 Å². The van der Waals surface area contributed by atoms with E-state index in [2.05, 4.69) is 427 Å². The van der Waals surface area contributed by atoms with Crippen molar-refractivity contribution in [3.8, 4) is 123 Å². The smallest absolute Gasteiger partial charge is 0.252 e. The van der Waals surface area contributed by atoms with Crippen molar-refractivity contribution >= 4 is 57.2 Å². The summed E-state index contributed by atoms with van der Waals surface area (Å²) in [6.45, 7) is 13.9. The molecule has 0 saturated carbocycles. The van der Waals surface area contributed by atoms with Gasteiger partial charge in [-0.05, 0) is 248 Å². The lowest BCUT2D eigenvalue weighted by atomic mass is 9.33. The van der Waals surface area contributed by atoms with Crippen LogP contribution in [0, 0.1) is 0 Å². The summed E-state index contributed by atoms with van der Waals surface area (Å²) in [5.74, 6) is 0. The molecule has 0 unspecified atom stereocenters. The Labute approximate surface area is 630 Å². The molecule has 16 aromatic rings. The van der Waals surface area contributed by atoms with Crippen molar-refractivity contribution in [3.63, 3.8) is 0 Å². The summed E-state index contributed by atoms with van der Waals surface area (Å²) in [6, 6.07) is 140. The third-order valence-corrected chi connectivity index (χ3v) is 21.6. The molecule has 18 rings (SSSR count). The Hall–Kier alpha value is -12.9. The molecule has 0 atom stereocenters. The summed E-state index contributed by atoms with van der Waals surface area (Å²) >= 11 is 0. The molecule has 0 amide bonds. The normalized spacial score (nSPS) is 12.3. The Bertz CT molecular complexity index is 5400. The molecule has 3 heterocycles. The molecular formula is C103H80BN3. The molecule has 3 nitrogen and oxygen atoms in total. The minimum absolute atomic E-state index is 0.185. The van der Waals surface area contributed by atoms with Crippen LogP contribution in [0.15, 0.2) is 376 Å². The van der Waals surface area contributed by atoms with E-state index in [4.69, 9.17) is 4.98 Å². The minimum Gasteiger partial charge on any atom is -0.311 e. The highest BCUT2D eigenvalue weighted by atomic mass is 15.2. The SMILES string of the molecule is CC(C)(C)c1ccc2c(c1)N(c1cc(-c3ccccc3)cc(-c3ccccc3)c1)c1cc(-c3cc(-c4cc(-c5ccccc5)cc(-c5ccccc5)c4)cc(-c4cc(-c5ccccc5)cc(-c5ccccc5)c4)n3)cc3c1B2c1ccc(C(C)(C)C)cc1N3c1cc(-c2ccccc2)cc(-c2ccccc2)c1. The maximum atomic E-state index is 6.15. The van der Waals surface area contributed by atoms with Crippen molar-refractivity contribution in [3.05, 3.63) is 387 Å². The first kappa shape index (κ1) is 66.1. The van der Waals surface area contributed by atoms with Crippen molar-refractivity contribution < 1.29 is 0 Å². The van der Waals surface area contributed by atoms with Gasteiger partial charge in [0.25, 0.3) is 6.71 Å². The van der Waals surface area contributed by atoms with Gasteiger partial charge >= 0.3 is 0 Å². The quantitative estimate of drug-likeness (QED) is 0.107. The summed E-state index contributed by atoms with van der Waals surface area (Å²) in [5.41, 5.74) is 36.5. The van der Waals surface area contributed by atoms with E-state index >= 15 is 0 Å². The van der Waals surface area contributed by atoms with Crippen LogP contribution in [0.3, 0.4) is 0 Å². The highest BCUT2D eigenvalue weighted by Gasteiger charge is 2.45. The number of pyridine rings is 1. The van der Waals surface area contributed by atoms with Crippen molar-refractivity contribution in [2.75, 3.05) is 9.80 Å². The molecule has 1 aromatic heterocycles. The van der Waals surface area contributed by atoms with Gasteiger partial charge in [-0.15, -0.1) is 0 Å². The van der Waals surface area contributed by atoms with Crippen LogP contribution in [0.25, 0.3) is 123 Å². The van der Waals surface area contributed by atoms with Crippen LogP contribution >= 0.6 is 0 Å². The third-order valence-electron chi connectivity index (χ3n) is 21.6. The van der Waals surface area contributed by atoms with Crippen molar-refractivity contribution in [2.45, 2.75) is 52.4 Å². The number of hydrogen-bond acceptors (Lipinski definition) is 3. The Kier molecular flexibility index (Phi) is 16.9. The molecule has 0 spiro atoms. The average molecular weight is 1370 g/mol. The lowest BCUT2D eigenvalue weighted by molar-refractivity contribution is 0.590. The fourth-order valence-corrected chi connectivity index (χ4v) is 16.0. The van der Waals surface area contributed by atoms with Crippen LogP contribution in [0.4, 0.5) is 34.1 Å². The molecule has 0 radical (unpaired) electrons. The predicted octanol–water partition coefficient (Wildman–Crippen LogP) is 26.1. The fourth-order valence-electron chi connectivity index (χ4n) is 16.0. The Morgan fingerprint density at radius 1 is 0.206 bits per heavy atom. The first-order valence-electron chi connectivity index (χ1n) is 37.4. The molecule has 0 bridgehead atoms. The van der Waals surface area contributed by atoms with Crippen LogP contribution in [0.5, 0.6) is 0 Å². The molecule has 2 aliphatic rings. The summed E-state index contributed by atoms with van der Waals surface area (Å²) in [4.78, 5) is 11.4. The van der Waals surface area contributed by atoms with Crippen LogP contribution in [0.1, 0.15) is 52.7 Å². The van der Waals surface area contributed by atoms with E-state index in [-0.39, 0.29) is 17.5 Å². The first-order valence-corrected chi connectivity index (χ1v) is 37.4. The lowest BCUT2D eigenvalue weighted by Crippen LogP contribution is -2.61. The second-order valence-corrected chi connectivity index (χ2v) is 30.8. The molecule has 0 fully saturated rings. The zero-order valence-electron chi connectivity index (χ0n) is 61.2. The first-order chi connectivity index (χ1) is 52.3. The van der Waals surface area contributed by atoms with Gasteiger partial charge in [0.2, 0.25) is 0 Å². The number of benzene rings is 15. The van der Waals surface area contributed by atoms with Gasteiger partial charge in [-0.3, -0.25) is 0 Å². The standard InChI is InChI=1S/C103H80BN3/c1-102(2,3)89-47-49-93-97(67-89)106(91-59-82(73-39-23-11-24-40-73)55-83(60-91)74-41-25-12-26-42-74)99-65-88(66-100-101(99)104(93)94-50-48-90(103(4,5)6)68-98(94)107(100)92-61-84(75-43-27-13-28-44-75)56-85(62-92)76-45-29-14-30-46-76)96-64-86(81-53-77(69-31-15-7-16-32-69)51-78(54-81)70-33-17-8-18-34-70)63-95(105-96)87-57-79(71-35-19-9-20-36-71)52-80(58-87)72-37-21-10-22-38-72/h7-68H,1-6H3. The maximum absolute atomic E-state index is 6.15. The molecule has 0 aliphatic carbocycles.